The van der Waals surface area contributed by atoms with Crippen LogP contribution in [0.1, 0.15) is 38.3 Å². The quantitative estimate of drug-likeness (QED) is 0.840. The Morgan fingerprint density at radius 1 is 1.09 bits per heavy atom. The second kappa shape index (κ2) is 6.46. The van der Waals surface area contributed by atoms with Gasteiger partial charge in [0.15, 0.2) is 11.5 Å². The van der Waals surface area contributed by atoms with Crippen LogP contribution in [0.15, 0.2) is 12.1 Å². The Kier molecular flexibility index (Phi) is 4.84. The molecule has 1 aliphatic rings. The minimum Gasteiger partial charge on any atom is -0.493 e. The molecule has 1 aliphatic heterocycles. The van der Waals surface area contributed by atoms with E-state index in [1.807, 2.05) is 32.9 Å². The number of rotatable bonds is 2. The summed E-state index contributed by atoms with van der Waals surface area (Å²) in [5.41, 5.74) is 1.80. The predicted molar refractivity (Wildman–Crippen MR) is 84.5 cm³/mol. The van der Waals surface area contributed by atoms with Crippen LogP contribution in [0.3, 0.4) is 0 Å². The number of carbonyl (C=O) groups is 1. The highest BCUT2D eigenvalue weighted by molar-refractivity contribution is 5.68. The Hall–Kier alpha value is -1.91. The molecule has 5 heteroatoms. The van der Waals surface area contributed by atoms with Gasteiger partial charge in [0.25, 0.3) is 0 Å². The fourth-order valence-electron chi connectivity index (χ4n) is 2.57. The van der Waals surface area contributed by atoms with Crippen LogP contribution in [0.2, 0.25) is 0 Å². The first-order valence-electron chi connectivity index (χ1n) is 7.55. The molecule has 0 radical (unpaired) electrons. The lowest BCUT2D eigenvalue weighted by Crippen LogP contribution is -2.36. The highest BCUT2D eigenvalue weighted by atomic mass is 16.6. The first kappa shape index (κ1) is 16.5. The number of fused-ring (bicyclic) bond motifs is 1. The molecule has 1 aromatic rings. The molecule has 0 saturated carbocycles. The van der Waals surface area contributed by atoms with Crippen LogP contribution in [-0.2, 0) is 17.7 Å². The number of nitrogens with zero attached hydrogens (tertiary/aromatic N) is 1. The molecule has 0 atom stereocenters. The van der Waals surface area contributed by atoms with Crippen molar-refractivity contribution in [2.24, 2.45) is 0 Å². The van der Waals surface area contributed by atoms with E-state index in [2.05, 4.69) is 0 Å². The van der Waals surface area contributed by atoms with Gasteiger partial charge in [-0.2, -0.15) is 0 Å². The fourth-order valence-corrected chi connectivity index (χ4v) is 2.57. The lowest BCUT2D eigenvalue weighted by atomic mass is 10.0. The SMILES string of the molecule is COc1cc2c(cc1OC)CN(C(=O)OC(C)(C)C)CCC2. The lowest BCUT2D eigenvalue weighted by Gasteiger charge is -2.26. The lowest BCUT2D eigenvalue weighted by molar-refractivity contribution is 0.0236. The number of carbonyl (C=O) groups excluding carboxylic acids is 1. The number of amides is 1. The molecule has 0 spiro atoms. The molecular formula is C17H25NO4. The third kappa shape index (κ3) is 3.84. The monoisotopic (exact) mass is 307 g/mol. The third-order valence-electron chi connectivity index (χ3n) is 3.59. The summed E-state index contributed by atoms with van der Waals surface area (Å²) in [6, 6.07) is 3.96. The first-order chi connectivity index (χ1) is 10.3. The van der Waals surface area contributed by atoms with E-state index in [1.54, 1.807) is 19.1 Å². The number of methoxy groups -OCH3 is 2. The number of hydrogen-bond donors (Lipinski definition) is 0. The van der Waals surface area contributed by atoms with Gasteiger partial charge in [-0.25, -0.2) is 4.79 Å². The minimum absolute atomic E-state index is 0.268. The summed E-state index contributed by atoms with van der Waals surface area (Å²) in [7, 11) is 3.25. The molecule has 5 nitrogen and oxygen atoms in total. The summed E-state index contributed by atoms with van der Waals surface area (Å²) < 4.78 is 16.2. The van der Waals surface area contributed by atoms with Gasteiger partial charge in [-0.1, -0.05) is 0 Å². The summed E-state index contributed by atoms with van der Waals surface area (Å²) in [6.07, 6.45) is 1.55. The second-order valence-electron chi connectivity index (χ2n) is 6.48. The van der Waals surface area contributed by atoms with Crippen LogP contribution in [0, 0.1) is 0 Å². The summed E-state index contributed by atoms with van der Waals surface area (Å²) in [4.78, 5) is 14.1. The molecule has 0 fully saturated rings. The highest BCUT2D eigenvalue weighted by Crippen LogP contribution is 2.33. The number of benzene rings is 1. The van der Waals surface area contributed by atoms with E-state index >= 15 is 0 Å². The molecule has 0 aliphatic carbocycles. The Morgan fingerprint density at radius 2 is 1.68 bits per heavy atom. The van der Waals surface area contributed by atoms with E-state index in [4.69, 9.17) is 14.2 Å². The van der Waals surface area contributed by atoms with Gasteiger partial charge in [0.05, 0.1) is 14.2 Å². The summed E-state index contributed by atoms with van der Waals surface area (Å²) in [6.45, 7) is 6.86. The summed E-state index contributed by atoms with van der Waals surface area (Å²) >= 11 is 0. The molecule has 0 N–H and O–H groups in total. The van der Waals surface area contributed by atoms with Gasteiger partial charge in [-0.15, -0.1) is 0 Å². The molecule has 0 aromatic heterocycles. The summed E-state index contributed by atoms with van der Waals surface area (Å²) in [5.74, 6) is 1.42. The molecule has 1 aromatic carbocycles. The van der Waals surface area contributed by atoms with E-state index in [0.717, 1.165) is 24.2 Å². The van der Waals surface area contributed by atoms with Crippen LogP contribution in [0.4, 0.5) is 4.79 Å². The number of ether oxygens (including phenoxy) is 3. The highest BCUT2D eigenvalue weighted by Gasteiger charge is 2.25. The van der Waals surface area contributed by atoms with Crippen molar-refractivity contribution in [3.63, 3.8) is 0 Å². The second-order valence-corrected chi connectivity index (χ2v) is 6.48. The zero-order valence-corrected chi connectivity index (χ0v) is 14.1. The van der Waals surface area contributed by atoms with Gasteiger partial charge >= 0.3 is 6.09 Å². The van der Waals surface area contributed by atoms with Crippen molar-refractivity contribution >= 4 is 6.09 Å². The molecule has 22 heavy (non-hydrogen) atoms. The van der Waals surface area contributed by atoms with Crippen LogP contribution >= 0.6 is 0 Å². The molecule has 0 saturated heterocycles. The Labute approximate surface area is 132 Å². The molecular weight excluding hydrogens is 282 g/mol. The van der Waals surface area contributed by atoms with Gasteiger partial charge in [0, 0.05) is 13.1 Å². The van der Waals surface area contributed by atoms with Gasteiger partial charge in [0.2, 0.25) is 0 Å². The smallest absolute Gasteiger partial charge is 0.410 e. The van der Waals surface area contributed by atoms with Crippen molar-refractivity contribution in [3.8, 4) is 11.5 Å². The Balaban J connectivity index is 2.24. The van der Waals surface area contributed by atoms with Gasteiger partial charge < -0.3 is 19.1 Å². The van der Waals surface area contributed by atoms with Crippen LogP contribution in [0.5, 0.6) is 11.5 Å². The molecule has 0 bridgehead atoms. The maximum Gasteiger partial charge on any atom is 0.410 e. The molecule has 0 unspecified atom stereocenters. The van der Waals surface area contributed by atoms with Crippen molar-refractivity contribution in [1.82, 2.24) is 4.90 Å². The average Bonchev–Trinajstić information content (AvgIpc) is 2.65. The maximum atomic E-state index is 12.3. The molecule has 1 heterocycles. The summed E-state index contributed by atoms with van der Waals surface area (Å²) in [5, 5.41) is 0. The van der Waals surface area contributed by atoms with Crippen molar-refractivity contribution in [1.29, 1.82) is 0 Å². The Bertz CT molecular complexity index is 548. The van der Waals surface area contributed by atoms with E-state index in [1.165, 1.54) is 5.56 Å². The van der Waals surface area contributed by atoms with Crippen LogP contribution in [-0.4, -0.2) is 37.4 Å². The van der Waals surface area contributed by atoms with Crippen molar-refractivity contribution < 1.29 is 19.0 Å². The zero-order valence-electron chi connectivity index (χ0n) is 14.1. The number of aryl methyl sites for hydroxylation is 1. The van der Waals surface area contributed by atoms with E-state index < -0.39 is 5.60 Å². The van der Waals surface area contributed by atoms with E-state index in [9.17, 15) is 4.79 Å². The predicted octanol–water partition coefficient (Wildman–Crippen LogP) is 3.39. The van der Waals surface area contributed by atoms with E-state index in [-0.39, 0.29) is 6.09 Å². The fraction of sp³-hybridized carbons (Fsp3) is 0.588. The maximum absolute atomic E-state index is 12.3. The average molecular weight is 307 g/mol. The van der Waals surface area contributed by atoms with Gasteiger partial charge in [0.1, 0.15) is 5.60 Å². The third-order valence-corrected chi connectivity index (χ3v) is 3.59. The van der Waals surface area contributed by atoms with Gasteiger partial charge in [-0.3, -0.25) is 0 Å². The molecule has 1 amide bonds. The standard InChI is InChI=1S/C17H25NO4/c1-17(2,3)22-16(19)18-8-6-7-12-9-14(20-4)15(21-5)10-13(12)11-18/h9-10H,6-8,11H2,1-5H3. The largest absolute Gasteiger partial charge is 0.493 e. The van der Waals surface area contributed by atoms with Crippen molar-refractivity contribution in [2.45, 2.75) is 45.8 Å². The van der Waals surface area contributed by atoms with Crippen molar-refractivity contribution in [3.05, 3.63) is 23.3 Å². The van der Waals surface area contributed by atoms with Crippen LogP contribution < -0.4 is 9.47 Å². The number of hydrogen-bond acceptors (Lipinski definition) is 4. The van der Waals surface area contributed by atoms with E-state index in [0.29, 0.717) is 18.8 Å². The minimum atomic E-state index is -0.482. The molecule has 2 rings (SSSR count). The zero-order chi connectivity index (χ0) is 16.3. The first-order valence-corrected chi connectivity index (χ1v) is 7.55. The normalized spacial score (nSPS) is 14.9. The van der Waals surface area contributed by atoms with Gasteiger partial charge in [-0.05, 0) is 56.9 Å². The van der Waals surface area contributed by atoms with Crippen LogP contribution in [0.25, 0.3) is 0 Å². The molecule has 122 valence electrons. The Morgan fingerprint density at radius 3 is 2.23 bits per heavy atom. The van der Waals surface area contributed by atoms with Crippen molar-refractivity contribution in [2.75, 3.05) is 20.8 Å². The topological polar surface area (TPSA) is 48.0 Å².